The molecule has 0 radical (unpaired) electrons. The lowest BCUT2D eigenvalue weighted by molar-refractivity contribution is -0.120. The fourth-order valence-electron chi connectivity index (χ4n) is 6.61. The first-order valence-electron chi connectivity index (χ1n) is 17.1. The zero-order valence-electron chi connectivity index (χ0n) is 28.9. The van der Waals surface area contributed by atoms with Gasteiger partial charge in [-0.05, 0) is 125 Å². The number of benzene rings is 2. The van der Waals surface area contributed by atoms with E-state index in [2.05, 4.69) is 15.6 Å². The van der Waals surface area contributed by atoms with E-state index < -0.39 is 12.1 Å². The first-order valence-corrected chi connectivity index (χ1v) is 17.1. The van der Waals surface area contributed by atoms with E-state index in [1.165, 1.54) is 0 Å². The average Bonchev–Trinajstić information content (AvgIpc) is 3.97. The SMILES string of the molecule is Cc1cc(C(=O)N2CCC[C@H]2C(=O)Nc2ccc(-c3cnc(-c4ccc(NC(=O)[C@@H]5CCCN5C(=O)c5cc(C)c(C)o5)cc4)o3)cc2)oc1C. The molecule has 2 aromatic carbocycles. The van der Waals surface area contributed by atoms with Crippen LogP contribution < -0.4 is 10.6 Å². The highest BCUT2D eigenvalue weighted by Gasteiger charge is 2.37. The quantitative estimate of drug-likeness (QED) is 0.178. The molecule has 51 heavy (non-hydrogen) atoms. The molecule has 5 heterocycles. The van der Waals surface area contributed by atoms with Gasteiger partial charge in [0.25, 0.3) is 11.8 Å². The molecule has 0 spiro atoms. The van der Waals surface area contributed by atoms with Crippen molar-refractivity contribution in [2.75, 3.05) is 23.7 Å². The second-order valence-corrected chi connectivity index (χ2v) is 13.2. The number of likely N-dealkylation sites (tertiary alicyclic amines) is 2. The molecule has 2 saturated heterocycles. The van der Waals surface area contributed by atoms with E-state index in [1.54, 1.807) is 64.5 Å². The van der Waals surface area contributed by atoms with E-state index in [9.17, 15) is 19.2 Å². The first kappa shape index (κ1) is 33.6. The molecule has 2 fully saturated rings. The summed E-state index contributed by atoms with van der Waals surface area (Å²) in [7, 11) is 0. The number of rotatable bonds is 8. The van der Waals surface area contributed by atoms with Gasteiger partial charge in [0.1, 0.15) is 23.6 Å². The lowest BCUT2D eigenvalue weighted by Crippen LogP contribution is -2.43. The van der Waals surface area contributed by atoms with Crippen LogP contribution in [0.25, 0.3) is 22.8 Å². The van der Waals surface area contributed by atoms with Crippen LogP contribution in [0.1, 0.15) is 69.4 Å². The van der Waals surface area contributed by atoms with Gasteiger partial charge in [0.2, 0.25) is 17.7 Å². The van der Waals surface area contributed by atoms with Crippen molar-refractivity contribution in [3.63, 3.8) is 0 Å². The zero-order valence-corrected chi connectivity index (χ0v) is 28.9. The van der Waals surface area contributed by atoms with Crippen LogP contribution in [0, 0.1) is 27.7 Å². The molecule has 2 aliphatic heterocycles. The standard InChI is InChI=1S/C39H39N5O7/c1-22-19-32(49-24(22)3)38(47)43-17-5-7-30(43)35(45)41-28-13-9-26(10-14-28)34-21-40-37(51-34)27-11-15-29(16-12-27)42-36(46)31-8-6-18-44(31)39(48)33-20-23(2)25(4)50-33/h9-16,19-21,30-31H,5-8,17-18H2,1-4H3,(H,41,45)(H,42,46)/t30-,31-/m0/s1. The van der Waals surface area contributed by atoms with Crippen LogP contribution in [-0.2, 0) is 9.59 Å². The maximum Gasteiger partial charge on any atom is 0.290 e. The number of amides is 4. The van der Waals surface area contributed by atoms with E-state index in [0.717, 1.165) is 35.1 Å². The first-order chi connectivity index (χ1) is 24.5. The average molecular weight is 690 g/mol. The molecule has 2 N–H and O–H groups in total. The summed E-state index contributed by atoms with van der Waals surface area (Å²) in [6, 6.07) is 16.6. The minimum absolute atomic E-state index is 0.247. The summed E-state index contributed by atoms with van der Waals surface area (Å²) in [5, 5.41) is 5.87. The van der Waals surface area contributed by atoms with Gasteiger partial charge in [-0.2, -0.15) is 0 Å². The number of oxazole rings is 1. The summed E-state index contributed by atoms with van der Waals surface area (Å²) in [6.07, 6.45) is 4.26. The Kier molecular flexibility index (Phi) is 9.07. The Hall–Kier alpha value is -5.91. The van der Waals surface area contributed by atoms with Crippen LogP contribution in [0.3, 0.4) is 0 Å². The van der Waals surface area contributed by atoms with Crippen molar-refractivity contribution >= 4 is 35.0 Å². The lowest BCUT2D eigenvalue weighted by Gasteiger charge is -2.23. The van der Waals surface area contributed by atoms with Gasteiger partial charge in [-0.15, -0.1) is 0 Å². The van der Waals surface area contributed by atoms with Gasteiger partial charge in [-0.3, -0.25) is 19.2 Å². The Bertz CT molecular complexity index is 1920. The summed E-state index contributed by atoms with van der Waals surface area (Å²) in [5.74, 6) is 1.78. The number of nitrogens with zero attached hydrogens (tertiary/aromatic N) is 3. The number of nitrogens with one attached hydrogen (secondary N) is 2. The predicted molar refractivity (Wildman–Crippen MR) is 189 cm³/mol. The Morgan fingerprint density at radius 1 is 0.647 bits per heavy atom. The molecule has 0 unspecified atom stereocenters. The number of anilines is 2. The van der Waals surface area contributed by atoms with Crippen molar-refractivity contribution in [1.82, 2.24) is 14.8 Å². The number of hydrogen-bond acceptors (Lipinski definition) is 8. The fourth-order valence-corrected chi connectivity index (χ4v) is 6.61. The van der Waals surface area contributed by atoms with Gasteiger partial charge in [0, 0.05) is 35.6 Å². The van der Waals surface area contributed by atoms with Gasteiger partial charge >= 0.3 is 0 Å². The third-order valence-electron chi connectivity index (χ3n) is 9.73. The molecule has 7 rings (SSSR count). The van der Waals surface area contributed by atoms with Crippen molar-refractivity contribution < 1.29 is 32.4 Å². The Morgan fingerprint density at radius 2 is 1.10 bits per heavy atom. The fraction of sp³-hybridized carbons (Fsp3) is 0.308. The van der Waals surface area contributed by atoms with E-state index in [0.29, 0.717) is 60.5 Å². The van der Waals surface area contributed by atoms with Gasteiger partial charge in [0.05, 0.1) is 6.20 Å². The second kappa shape index (κ2) is 13.8. The van der Waals surface area contributed by atoms with Gasteiger partial charge < -0.3 is 33.7 Å². The van der Waals surface area contributed by atoms with Crippen molar-refractivity contribution in [1.29, 1.82) is 0 Å². The smallest absolute Gasteiger partial charge is 0.290 e. The Labute approximate surface area is 294 Å². The second-order valence-electron chi connectivity index (χ2n) is 13.2. The summed E-state index contributed by atoms with van der Waals surface area (Å²) < 4.78 is 17.3. The number of furan rings is 2. The molecule has 2 aliphatic rings. The molecule has 3 aromatic heterocycles. The number of carbonyl (C=O) groups excluding carboxylic acids is 4. The minimum Gasteiger partial charge on any atom is -0.456 e. The van der Waals surface area contributed by atoms with Crippen LogP contribution in [0.5, 0.6) is 0 Å². The molecular formula is C39H39N5O7. The van der Waals surface area contributed by atoms with Crippen LogP contribution in [0.4, 0.5) is 11.4 Å². The predicted octanol–water partition coefficient (Wildman–Crippen LogP) is 6.91. The highest BCUT2D eigenvalue weighted by molar-refractivity contribution is 6.01. The van der Waals surface area contributed by atoms with E-state index in [1.807, 2.05) is 39.8 Å². The highest BCUT2D eigenvalue weighted by Crippen LogP contribution is 2.30. The molecule has 12 heteroatoms. The monoisotopic (exact) mass is 689 g/mol. The summed E-state index contributed by atoms with van der Waals surface area (Å²) in [5.41, 5.74) is 4.48. The van der Waals surface area contributed by atoms with Crippen LogP contribution in [-0.4, -0.2) is 63.6 Å². The minimum atomic E-state index is -0.584. The van der Waals surface area contributed by atoms with Crippen LogP contribution in [0.15, 0.2) is 80.1 Å². The molecule has 12 nitrogen and oxygen atoms in total. The van der Waals surface area contributed by atoms with Gasteiger partial charge in [0.15, 0.2) is 17.3 Å². The molecule has 5 aromatic rings. The molecule has 0 saturated carbocycles. The van der Waals surface area contributed by atoms with Crippen molar-refractivity contribution in [2.24, 2.45) is 0 Å². The van der Waals surface area contributed by atoms with Crippen molar-refractivity contribution in [3.8, 4) is 22.8 Å². The Balaban J connectivity index is 0.950. The number of carbonyl (C=O) groups is 4. The number of aromatic nitrogens is 1. The van der Waals surface area contributed by atoms with E-state index in [-0.39, 0.29) is 35.1 Å². The van der Waals surface area contributed by atoms with Gasteiger partial charge in [-0.1, -0.05) is 0 Å². The Morgan fingerprint density at radius 3 is 1.53 bits per heavy atom. The molecule has 2 atom stereocenters. The van der Waals surface area contributed by atoms with Crippen molar-refractivity contribution in [2.45, 2.75) is 65.5 Å². The maximum absolute atomic E-state index is 13.2. The van der Waals surface area contributed by atoms with Crippen molar-refractivity contribution in [3.05, 3.63) is 101 Å². The van der Waals surface area contributed by atoms with Crippen LogP contribution >= 0.6 is 0 Å². The van der Waals surface area contributed by atoms with E-state index in [4.69, 9.17) is 13.3 Å². The summed E-state index contributed by atoms with van der Waals surface area (Å²) >= 11 is 0. The molecule has 0 bridgehead atoms. The summed E-state index contributed by atoms with van der Waals surface area (Å²) in [4.78, 5) is 60.1. The van der Waals surface area contributed by atoms with E-state index >= 15 is 0 Å². The molecule has 0 aliphatic carbocycles. The normalized spacial score (nSPS) is 17.2. The zero-order chi connectivity index (χ0) is 35.8. The molecule has 262 valence electrons. The molecule has 4 amide bonds. The third-order valence-corrected chi connectivity index (χ3v) is 9.73. The largest absolute Gasteiger partial charge is 0.456 e. The highest BCUT2D eigenvalue weighted by atomic mass is 16.4. The van der Waals surface area contributed by atoms with Crippen LogP contribution in [0.2, 0.25) is 0 Å². The molecular weight excluding hydrogens is 650 g/mol. The maximum atomic E-state index is 13.2. The summed E-state index contributed by atoms with van der Waals surface area (Å²) in [6.45, 7) is 8.38. The van der Waals surface area contributed by atoms with Gasteiger partial charge in [-0.25, -0.2) is 4.98 Å². The third kappa shape index (κ3) is 6.81. The topological polar surface area (TPSA) is 151 Å². The number of aryl methyl sites for hydroxylation is 4. The lowest BCUT2D eigenvalue weighted by atomic mass is 10.1. The number of hydrogen-bond donors (Lipinski definition) is 2.